The van der Waals surface area contributed by atoms with Crippen molar-refractivity contribution >= 4 is 0 Å². The molecule has 108 valence electrons. The van der Waals surface area contributed by atoms with Crippen LogP contribution < -0.4 is 0 Å². The van der Waals surface area contributed by atoms with Crippen LogP contribution >= 0.6 is 0 Å². The Balaban J connectivity index is 2.06. The van der Waals surface area contributed by atoms with E-state index in [-0.39, 0.29) is 18.7 Å². The second-order valence-corrected chi connectivity index (χ2v) is 4.04. The molecule has 1 N–H and O–H groups in total. The highest BCUT2D eigenvalue weighted by Gasteiger charge is 2.32. The lowest BCUT2D eigenvalue weighted by Gasteiger charge is -2.11. The van der Waals surface area contributed by atoms with Crippen LogP contribution in [-0.4, -0.2) is 36.4 Å². The fourth-order valence-corrected chi connectivity index (χ4v) is 1.54. The third-order valence-electron chi connectivity index (χ3n) is 2.46. The van der Waals surface area contributed by atoms with Gasteiger partial charge in [-0.1, -0.05) is 0 Å². The molecule has 0 aromatic carbocycles. The van der Waals surface area contributed by atoms with Crippen LogP contribution in [0.25, 0.3) is 0 Å². The number of pyridine rings is 1. The van der Waals surface area contributed by atoms with Crippen LogP contribution in [-0.2, 0) is 19.1 Å². The number of aliphatic hydroxyl groups is 1. The Morgan fingerprint density at radius 3 is 2.65 bits per heavy atom. The van der Waals surface area contributed by atoms with Crippen LogP contribution in [0, 0.1) is 5.82 Å². The van der Waals surface area contributed by atoms with Gasteiger partial charge in [0.15, 0.2) is 0 Å². The number of nitrogens with zero attached hydrogens (tertiary/aromatic N) is 5. The predicted octanol–water partition coefficient (Wildman–Crippen LogP) is 0.830. The zero-order valence-electron chi connectivity index (χ0n) is 9.92. The molecule has 20 heavy (non-hydrogen) atoms. The number of aliphatic hydroxyl groups excluding tert-OH is 1. The summed E-state index contributed by atoms with van der Waals surface area (Å²) in [6.07, 6.45) is -4.19. The zero-order valence-corrected chi connectivity index (χ0v) is 9.92. The van der Waals surface area contributed by atoms with Crippen molar-refractivity contribution in [2.24, 2.45) is 0 Å². The minimum Gasteiger partial charge on any atom is -0.391 e. The van der Waals surface area contributed by atoms with Crippen molar-refractivity contribution in [3.8, 4) is 0 Å². The third-order valence-corrected chi connectivity index (χ3v) is 2.46. The van der Waals surface area contributed by atoms with E-state index in [9.17, 15) is 22.7 Å². The minimum absolute atomic E-state index is 0.0187. The van der Waals surface area contributed by atoms with Crippen LogP contribution in [0.5, 0.6) is 0 Å². The largest absolute Gasteiger partial charge is 0.417 e. The molecule has 0 spiro atoms. The van der Waals surface area contributed by atoms with Crippen molar-refractivity contribution in [1.82, 2.24) is 25.2 Å². The van der Waals surface area contributed by atoms with Crippen LogP contribution in [0.15, 0.2) is 18.6 Å². The molecule has 10 heteroatoms. The summed E-state index contributed by atoms with van der Waals surface area (Å²) >= 11 is 0. The fourth-order valence-electron chi connectivity index (χ4n) is 1.54. The number of hydrogen-bond donors (Lipinski definition) is 1. The first-order chi connectivity index (χ1) is 9.36. The lowest BCUT2D eigenvalue weighted by Crippen LogP contribution is -2.20. The van der Waals surface area contributed by atoms with Crippen LogP contribution in [0.1, 0.15) is 11.3 Å². The second kappa shape index (κ2) is 5.49. The molecule has 0 fully saturated rings. The normalized spacial score (nSPS) is 13.4. The average Bonchev–Trinajstić information content (AvgIpc) is 2.83. The molecular formula is C10H9F4N5O. The molecule has 0 amide bonds. The standard InChI is InChI=1S/C10H9F4N5O/c11-8-1-6(10(12,13)14)3-15-9(8)2-7(20)4-19-5-16-17-18-19/h1,3,5,7,20H,2,4H2. The highest BCUT2D eigenvalue weighted by molar-refractivity contribution is 5.19. The zero-order chi connectivity index (χ0) is 14.8. The summed E-state index contributed by atoms with van der Waals surface area (Å²) in [7, 11) is 0. The van der Waals surface area contributed by atoms with E-state index >= 15 is 0 Å². The highest BCUT2D eigenvalue weighted by Crippen LogP contribution is 2.29. The Bertz CT molecular complexity index is 572. The van der Waals surface area contributed by atoms with E-state index in [1.54, 1.807) is 0 Å². The molecule has 0 radical (unpaired) electrons. The molecule has 1 atom stereocenters. The molecule has 0 saturated heterocycles. The Hall–Kier alpha value is -2.10. The van der Waals surface area contributed by atoms with E-state index in [0.29, 0.717) is 12.3 Å². The molecule has 0 aliphatic carbocycles. The second-order valence-electron chi connectivity index (χ2n) is 4.04. The highest BCUT2D eigenvalue weighted by atomic mass is 19.4. The number of alkyl halides is 3. The van der Waals surface area contributed by atoms with Gasteiger partial charge in [0.05, 0.1) is 23.9 Å². The van der Waals surface area contributed by atoms with Crippen LogP contribution in [0.2, 0.25) is 0 Å². The minimum atomic E-state index is -4.66. The maximum atomic E-state index is 13.5. The molecule has 0 aliphatic rings. The molecule has 6 nitrogen and oxygen atoms in total. The molecule has 1 unspecified atom stereocenters. The first-order valence-corrected chi connectivity index (χ1v) is 5.46. The van der Waals surface area contributed by atoms with Crippen molar-refractivity contribution in [2.75, 3.05) is 0 Å². The smallest absolute Gasteiger partial charge is 0.391 e. The summed E-state index contributed by atoms with van der Waals surface area (Å²) < 4.78 is 51.7. The lowest BCUT2D eigenvalue weighted by molar-refractivity contribution is -0.138. The SMILES string of the molecule is OC(Cc1ncc(C(F)(F)F)cc1F)Cn1cnnn1. The van der Waals surface area contributed by atoms with Crippen molar-refractivity contribution in [3.63, 3.8) is 0 Å². The van der Waals surface area contributed by atoms with E-state index in [0.717, 1.165) is 0 Å². The summed E-state index contributed by atoms with van der Waals surface area (Å²) in [5, 5.41) is 19.9. The van der Waals surface area contributed by atoms with Gasteiger partial charge in [-0.15, -0.1) is 5.10 Å². The molecule has 2 heterocycles. The maximum Gasteiger partial charge on any atom is 0.417 e. The van der Waals surface area contributed by atoms with E-state index in [4.69, 9.17) is 0 Å². The summed E-state index contributed by atoms with van der Waals surface area (Å²) in [4.78, 5) is 3.40. The van der Waals surface area contributed by atoms with E-state index in [2.05, 4.69) is 20.5 Å². The molecular weight excluding hydrogens is 282 g/mol. The molecule has 0 saturated carbocycles. The number of tetrazole rings is 1. The van der Waals surface area contributed by atoms with E-state index in [1.165, 1.54) is 11.0 Å². The van der Waals surface area contributed by atoms with Gasteiger partial charge in [-0.25, -0.2) is 9.07 Å². The van der Waals surface area contributed by atoms with Crippen molar-refractivity contribution in [1.29, 1.82) is 0 Å². The monoisotopic (exact) mass is 291 g/mol. The van der Waals surface area contributed by atoms with Gasteiger partial charge < -0.3 is 5.11 Å². The Kier molecular flexibility index (Phi) is 3.93. The van der Waals surface area contributed by atoms with Crippen LogP contribution in [0.4, 0.5) is 17.6 Å². The maximum absolute atomic E-state index is 13.5. The van der Waals surface area contributed by atoms with Gasteiger partial charge in [-0.05, 0) is 16.5 Å². The fraction of sp³-hybridized carbons (Fsp3) is 0.400. The van der Waals surface area contributed by atoms with Gasteiger partial charge in [-0.2, -0.15) is 13.2 Å². The average molecular weight is 291 g/mol. The lowest BCUT2D eigenvalue weighted by atomic mass is 10.1. The summed E-state index contributed by atoms with van der Waals surface area (Å²) in [5.41, 5.74) is -1.42. The van der Waals surface area contributed by atoms with Gasteiger partial charge in [0.2, 0.25) is 0 Å². The van der Waals surface area contributed by atoms with Crippen molar-refractivity contribution in [2.45, 2.75) is 25.2 Å². The first kappa shape index (κ1) is 14.3. The van der Waals surface area contributed by atoms with Crippen LogP contribution in [0.3, 0.4) is 0 Å². The number of hydrogen-bond acceptors (Lipinski definition) is 5. The van der Waals surface area contributed by atoms with E-state index < -0.39 is 23.7 Å². The van der Waals surface area contributed by atoms with Gasteiger partial charge in [0, 0.05) is 12.6 Å². The Labute approximate surface area is 110 Å². The molecule has 2 aromatic rings. The first-order valence-electron chi connectivity index (χ1n) is 5.46. The molecule has 0 aliphatic heterocycles. The summed E-state index contributed by atoms with van der Waals surface area (Å²) in [6, 6.07) is 0.353. The molecule has 2 aromatic heterocycles. The quantitative estimate of drug-likeness (QED) is 0.844. The third kappa shape index (κ3) is 3.47. The number of halogens is 4. The van der Waals surface area contributed by atoms with Gasteiger partial charge in [0.25, 0.3) is 0 Å². The van der Waals surface area contributed by atoms with Gasteiger partial charge >= 0.3 is 6.18 Å². The van der Waals surface area contributed by atoms with Gasteiger partial charge in [-0.3, -0.25) is 4.98 Å². The number of rotatable bonds is 4. The number of aromatic nitrogens is 5. The summed E-state index contributed by atoms with van der Waals surface area (Å²) in [6.45, 7) is -0.0187. The summed E-state index contributed by atoms with van der Waals surface area (Å²) in [5.74, 6) is -1.12. The van der Waals surface area contributed by atoms with E-state index in [1.807, 2.05) is 0 Å². The molecule has 2 rings (SSSR count). The van der Waals surface area contributed by atoms with Gasteiger partial charge in [0.1, 0.15) is 12.1 Å². The van der Waals surface area contributed by atoms with Crippen molar-refractivity contribution in [3.05, 3.63) is 35.7 Å². The Morgan fingerprint density at radius 1 is 1.35 bits per heavy atom. The topological polar surface area (TPSA) is 76.7 Å². The molecule has 0 bridgehead atoms. The van der Waals surface area contributed by atoms with Crippen molar-refractivity contribution < 1.29 is 22.7 Å². The Morgan fingerprint density at radius 2 is 2.10 bits per heavy atom. The predicted molar refractivity (Wildman–Crippen MR) is 56.7 cm³/mol.